The molecule has 0 aliphatic rings. The summed E-state index contributed by atoms with van der Waals surface area (Å²) in [6.07, 6.45) is 0. The van der Waals surface area contributed by atoms with Gasteiger partial charge >= 0.3 is 11.8 Å². The lowest BCUT2D eigenvalue weighted by Crippen LogP contribution is -2.29. The van der Waals surface area contributed by atoms with Gasteiger partial charge in [-0.15, -0.1) is 0 Å². The Labute approximate surface area is 145 Å². The molecule has 3 amide bonds. The molecule has 0 spiro atoms. The van der Waals surface area contributed by atoms with Gasteiger partial charge in [0.05, 0.1) is 6.61 Å². The van der Waals surface area contributed by atoms with Gasteiger partial charge in [-0.3, -0.25) is 14.4 Å². The van der Waals surface area contributed by atoms with Gasteiger partial charge in [-0.25, -0.2) is 0 Å². The first kappa shape index (κ1) is 18.0. The number of ether oxygens (including phenoxy) is 1. The lowest BCUT2D eigenvalue weighted by Gasteiger charge is -2.08. The van der Waals surface area contributed by atoms with Crippen LogP contribution >= 0.6 is 0 Å². The number of amides is 3. The normalized spacial score (nSPS) is 9.84. The van der Waals surface area contributed by atoms with E-state index in [0.717, 1.165) is 0 Å². The molecule has 0 unspecified atom stereocenters. The van der Waals surface area contributed by atoms with Crippen molar-refractivity contribution in [2.45, 2.75) is 13.8 Å². The second kappa shape index (κ2) is 8.49. The van der Waals surface area contributed by atoms with Gasteiger partial charge in [-0.05, 0) is 55.5 Å². The fourth-order valence-corrected chi connectivity index (χ4v) is 2.02. The first-order valence-electron chi connectivity index (χ1n) is 7.71. The van der Waals surface area contributed by atoms with E-state index in [1.54, 1.807) is 48.5 Å². The van der Waals surface area contributed by atoms with Crippen molar-refractivity contribution >= 4 is 34.8 Å². The van der Waals surface area contributed by atoms with Crippen LogP contribution in [0.4, 0.5) is 17.1 Å². The fourth-order valence-electron chi connectivity index (χ4n) is 2.02. The maximum absolute atomic E-state index is 11.9. The van der Waals surface area contributed by atoms with Crippen molar-refractivity contribution in [2.75, 3.05) is 22.6 Å². The smallest absolute Gasteiger partial charge is 0.314 e. The Hall–Kier alpha value is -3.35. The Bertz CT molecular complexity index is 755. The number of carbonyl (C=O) groups is 3. The first-order valence-corrected chi connectivity index (χ1v) is 7.71. The summed E-state index contributed by atoms with van der Waals surface area (Å²) in [5.41, 5.74) is 1.54. The molecular formula is C18H19N3O4. The molecule has 25 heavy (non-hydrogen) atoms. The van der Waals surface area contributed by atoms with Crippen molar-refractivity contribution in [3.05, 3.63) is 48.5 Å². The Morgan fingerprint density at radius 3 is 1.56 bits per heavy atom. The molecule has 0 saturated heterocycles. The van der Waals surface area contributed by atoms with Crippen molar-refractivity contribution in [3.63, 3.8) is 0 Å². The van der Waals surface area contributed by atoms with Crippen LogP contribution in [0.5, 0.6) is 5.75 Å². The van der Waals surface area contributed by atoms with Gasteiger partial charge in [0.25, 0.3) is 0 Å². The molecule has 2 aromatic rings. The van der Waals surface area contributed by atoms with E-state index in [1.165, 1.54) is 6.92 Å². The molecule has 0 atom stereocenters. The number of benzene rings is 2. The minimum Gasteiger partial charge on any atom is -0.494 e. The quantitative estimate of drug-likeness (QED) is 0.728. The second-order valence-corrected chi connectivity index (χ2v) is 5.12. The van der Waals surface area contributed by atoms with Crippen LogP contribution in [0.2, 0.25) is 0 Å². The van der Waals surface area contributed by atoms with E-state index >= 15 is 0 Å². The number of hydrogen-bond donors (Lipinski definition) is 3. The maximum Gasteiger partial charge on any atom is 0.314 e. The molecule has 0 aliphatic carbocycles. The van der Waals surface area contributed by atoms with Crippen molar-refractivity contribution in [3.8, 4) is 5.75 Å². The Balaban J connectivity index is 1.91. The SMILES string of the molecule is CCOc1ccc(NC(=O)C(=O)Nc2ccc(NC(C)=O)cc2)cc1. The molecule has 0 aromatic heterocycles. The zero-order valence-corrected chi connectivity index (χ0v) is 14.0. The van der Waals surface area contributed by atoms with Gasteiger partial charge in [0, 0.05) is 24.0 Å². The summed E-state index contributed by atoms with van der Waals surface area (Å²) in [6, 6.07) is 13.1. The molecule has 0 radical (unpaired) electrons. The van der Waals surface area contributed by atoms with E-state index in [4.69, 9.17) is 4.74 Å². The topological polar surface area (TPSA) is 96.5 Å². The highest BCUT2D eigenvalue weighted by atomic mass is 16.5. The third-order valence-electron chi connectivity index (χ3n) is 3.09. The highest BCUT2D eigenvalue weighted by molar-refractivity contribution is 6.43. The molecule has 2 rings (SSSR count). The number of rotatable bonds is 5. The molecular weight excluding hydrogens is 322 g/mol. The largest absolute Gasteiger partial charge is 0.494 e. The van der Waals surface area contributed by atoms with Crippen LogP contribution in [0.3, 0.4) is 0 Å². The average molecular weight is 341 g/mol. The summed E-state index contributed by atoms with van der Waals surface area (Å²) in [6.45, 7) is 3.83. The summed E-state index contributed by atoms with van der Waals surface area (Å²) in [5.74, 6) is -1.08. The zero-order chi connectivity index (χ0) is 18.2. The van der Waals surface area contributed by atoms with E-state index in [9.17, 15) is 14.4 Å². The Morgan fingerprint density at radius 2 is 1.16 bits per heavy atom. The minimum absolute atomic E-state index is 0.188. The maximum atomic E-state index is 11.9. The van der Waals surface area contributed by atoms with E-state index in [-0.39, 0.29) is 5.91 Å². The summed E-state index contributed by atoms with van der Waals surface area (Å²) < 4.78 is 5.31. The van der Waals surface area contributed by atoms with Crippen molar-refractivity contribution in [1.29, 1.82) is 0 Å². The van der Waals surface area contributed by atoms with Crippen LogP contribution in [0, 0.1) is 0 Å². The third kappa shape index (κ3) is 5.65. The van der Waals surface area contributed by atoms with Crippen molar-refractivity contribution in [2.24, 2.45) is 0 Å². The molecule has 0 heterocycles. The first-order chi connectivity index (χ1) is 12.0. The van der Waals surface area contributed by atoms with Crippen molar-refractivity contribution in [1.82, 2.24) is 0 Å². The molecule has 2 aromatic carbocycles. The predicted octanol–water partition coefficient (Wildman–Crippen LogP) is 2.62. The zero-order valence-electron chi connectivity index (χ0n) is 14.0. The molecule has 7 nitrogen and oxygen atoms in total. The van der Waals surface area contributed by atoms with Crippen LogP contribution in [0.25, 0.3) is 0 Å². The monoisotopic (exact) mass is 341 g/mol. The van der Waals surface area contributed by atoms with Crippen LogP contribution in [0.1, 0.15) is 13.8 Å². The van der Waals surface area contributed by atoms with Gasteiger partial charge in [0.15, 0.2) is 0 Å². The highest BCUT2D eigenvalue weighted by Crippen LogP contribution is 2.16. The van der Waals surface area contributed by atoms with Crippen molar-refractivity contribution < 1.29 is 19.1 Å². The molecule has 3 N–H and O–H groups in total. The van der Waals surface area contributed by atoms with Crippen LogP contribution in [-0.2, 0) is 14.4 Å². The van der Waals surface area contributed by atoms with E-state index in [2.05, 4.69) is 16.0 Å². The van der Waals surface area contributed by atoms with Gasteiger partial charge < -0.3 is 20.7 Å². The number of carbonyl (C=O) groups excluding carboxylic acids is 3. The molecule has 0 aliphatic heterocycles. The number of anilines is 3. The third-order valence-corrected chi connectivity index (χ3v) is 3.09. The Morgan fingerprint density at radius 1 is 0.760 bits per heavy atom. The molecule has 0 saturated carbocycles. The predicted molar refractivity (Wildman–Crippen MR) is 95.6 cm³/mol. The molecule has 0 bridgehead atoms. The number of hydrogen-bond acceptors (Lipinski definition) is 4. The molecule has 0 fully saturated rings. The lowest BCUT2D eigenvalue weighted by atomic mass is 10.2. The Kier molecular flexibility index (Phi) is 6.11. The van der Waals surface area contributed by atoms with Crippen LogP contribution in [-0.4, -0.2) is 24.3 Å². The fraction of sp³-hybridized carbons (Fsp3) is 0.167. The van der Waals surface area contributed by atoms with Crippen LogP contribution in [0.15, 0.2) is 48.5 Å². The minimum atomic E-state index is -0.791. The number of nitrogens with one attached hydrogen (secondary N) is 3. The van der Waals surface area contributed by atoms with Crippen LogP contribution < -0.4 is 20.7 Å². The standard InChI is InChI=1S/C18H19N3O4/c1-3-25-16-10-8-15(9-11-16)21-18(24)17(23)20-14-6-4-13(5-7-14)19-12(2)22/h4-11H,3H2,1-2H3,(H,19,22)(H,20,23)(H,21,24). The van der Waals surface area contributed by atoms with Gasteiger partial charge in [0.1, 0.15) is 5.75 Å². The van der Waals surface area contributed by atoms with E-state index in [0.29, 0.717) is 29.4 Å². The summed E-state index contributed by atoms with van der Waals surface area (Å²) in [5, 5.41) is 7.60. The second-order valence-electron chi connectivity index (χ2n) is 5.12. The van der Waals surface area contributed by atoms with Gasteiger partial charge in [-0.1, -0.05) is 0 Å². The molecule has 130 valence electrons. The van der Waals surface area contributed by atoms with E-state index < -0.39 is 11.8 Å². The average Bonchev–Trinajstić information content (AvgIpc) is 2.58. The molecule has 7 heteroatoms. The summed E-state index contributed by atoms with van der Waals surface area (Å²) >= 11 is 0. The highest BCUT2D eigenvalue weighted by Gasteiger charge is 2.14. The van der Waals surface area contributed by atoms with Gasteiger partial charge in [0.2, 0.25) is 5.91 Å². The summed E-state index contributed by atoms with van der Waals surface area (Å²) in [7, 11) is 0. The summed E-state index contributed by atoms with van der Waals surface area (Å²) in [4.78, 5) is 34.8. The van der Waals surface area contributed by atoms with E-state index in [1.807, 2.05) is 6.92 Å². The lowest BCUT2D eigenvalue weighted by molar-refractivity contribution is -0.132. The van der Waals surface area contributed by atoms with Gasteiger partial charge in [-0.2, -0.15) is 0 Å².